The van der Waals surface area contributed by atoms with Gasteiger partial charge in [-0.25, -0.2) is 38.7 Å². The molecule has 6 aromatic heterocycles. The maximum atomic E-state index is 14.4. The van der Waals surface area contributed by atoms with Crippen molar-refractivity contribution in [3.63, 3.8) is 0 Å². The zero-order valence-electron chi connectivity index (χ0n) is 39.7. The van der Waals surface area contributed by atoms with E-state index in [4.69, 9.17) is 18.8 Å². The van der Waals surface area contributed by atoms with Crippen molar-refractivity contribution in [2.45, 2.75) is 113 Å². The molecular formula is C49H54B2BrF2N12O4. The Morgan fingerprint density at radius 2 is 1.11 bits per heavy atom. The van der Waals surface area contributed by atoms with E-state index in [1.807, 2.05) is 64.2 Å². The number of benzene rings is 2. The minimum Gasteiger partial charge on any atom is -0.493 e. The fraction of sp³-hybridized carbons (Fsp3) is 0.388. The number of hydrogen-bond acceptors (Lipinski definition) is 14. The number of aryl methyl sites for hydroxylation is 6. The summed E-state index contributed by atoms with van der Waals surface area (Å²) in [7, 11) is -0.374. The van der Waals surface area contributed by atoms with Crippen molar-refractivity contribution in [1.29, 1.82) is 0 Å². The van der Waals surface area contributed by atoms with Crippen LogP contribution in [0.2, 0.25) is 0 Å². The standard InChI is InChI=1S/C21H19FN6O.C15H12BrFN4O.C12H19BN2O2.CH4.B/c1-12-16(9-23-13(2)26-12)17-10-24-20(28-11-25-27-21(17)28)6-3-14-15-7-8-29-19(15)5-4-18(14)22;16-11-7-18-14(21-8-19-20-15(11)21)4-1-9-10-5-6-22-13(10)3-2-12(9)17;1-8-10(7-14-9(2)15-8)13-16-11(3,4)12(5,6)17-13;;/h4-5,9-11H,3,6-8H2,1-2H3;2-3,7-8H,1,4-6H2;7H,1-6H3;1H4;. The Balaban J connectivity index is 0.000000158. The molecule has 0 unspecified atom stereocenters. The third kappa shape index (κ3) is 10.3. The summed E-state index contributed by atoms with van der Waals surface area (Å²) in [6.45, 7) is 17.0. The van der Waals surface area contributed by atoms with E-state index >= 15 is 0 Å². The zero-order chi connectivity index (χ0) is 47.9. The lowest BCUT2D eigenvalue weighted by Gasteiger charge is -2.32. The molecule has 361 valence electrons. The Labute approximate surface area is 416 Å². The SMILES string of the molecule is C.Cc1ncc(-c2cnc(CCc3c(F)ccc4c3CCO4)n3cnnc23)c(C)n1.Cc1ncc(B2OC(C)(C)C(C)(C)O2)c(C)n1.Fc1ccc2c(c1CCc1ncc(Br)c3nncn13)CCO2.[B]. The molecule has 9 heterocycles. The number of rotatable bonds is 8. The summed E-state index contributed by atoms with van der Waals surface area (Å²) in [6, 6.07) is 6.36. The summed E-state index contributed by atoms with van der Waals surface area (Å²) in [5, 5.41) is 16.3. The molecule has 3 aliphatic heterocycles. The van der Waals surface area contributed by atoms with E-state index in [-0.39, 0.29) is 45.8 Å². The lowest BCUT2D eigenvalue weighted by atomic mass is 9.79. The van der Waals surface area contributed by atoms with Crippen LogP contribution < -0.4 is 14.9 Å². The molecule has 0 atom stereocenters. The maximum absolute atomic E-state index is 14.4. The molecule has 1 saturated heterocycles. The number of aromatic nitrogens is 12. The van der Waals surface area contributed by atoms with Gasteiger partial charge in [0, 0.05) is 98.0 Å². The minimum atomic E-state index is -0.374. The number of ether oxygens (including phenoxy) is 2. The summed E-state index contributed by atoms with van der Waals surface area (Å²) in [5.41, 5.74) is 8.51. The van der Waals surface area contributed by atoms with Gasteiger partial charge in [-0.1, -0.05) is 7.43 Å². The van der Waals surface area contributed by atoms with E-state index in [0.717, 1.165) is 96.8 Å². The van der Waals surface area contributed by atoms with Gasteiger partial charge in [0.25, 0.3) is 0 Å². The average molecular weight is 1010 g/mol. The first-order valence-electron chi connectivity index (χ1n) is 22.4. The van der Waals surface area contributed by atoms with Crippen LogP contribution in [-0.2, 0) is 47.8 Å². The van der Waals surface area contributed by atoms with Crippen molar-refractivity contribution in [3.8, 4) is 22.6 Å². The van der Waals surface area contributed by atoms with Crippen LogP contribution in [0.5, 0.6) is 11.5 Å². The smallest absolute Gasteiger partial charge is 0.493 e. The monoisotopic (exact) mass is 1010 g/mol. The first-order chi connectivity index (χ1) is 32.6. The summed E-state index contributed by atoms with van der Waals surface area (Å²) >= 11 is 3.40. The average Bonchev–Trinajstić information content (AvgIpc) is 4.16. The molecule has 0 saturated carbocycles. The Hall–Kier alpha value is -6.31. The molecule has 11 rings (SSSR count). The van der Waals surface area contributed by atoms with Gasteiger partial charge in [0.05, 0.1) is 28.9 Å². The highest BCUT2D eigenvalue weighted by molar-refractivity contribution is 9.10. The second-order valence-corrected chi connectivity index (χ2v) is 18.7. The Morgan fingerprint density at radius 1 is 0.629 bits per heavy atom. The molecule has 3 aliphatic rings. The summed E-state index contributed by atoms with van der Waals surface area (Å²) in [4.78, 5) is 26.3. The predicted octanol–water partition coefficient (Wildman–Crippen LogP) is 7.45. The second-order valence-electron chi connectivity index (χ2n) is 17.8. The topological polar surface area (TPSA) is 175 Å². The van der Waals surface area contributed by atoms with Crippen LogP contribution in [0.25, 0.3) is 22.4 Å². The molecule has 0 spiro atoms. The van der Waals surface area contributed by atoms with Crippen molar-refractivity contribution >= 4 is 48.2 Å². The number of halogens is 3. The van der Waals surface area contributed by atoms with Gasteiger partial charge in [0.15, 0.2) is 11.3 Å². The highest BCUT2D eigenvalue weighted by Gasteiger charge is 2.52. The molecule has 1 fully saturated rings. The molecule has 0 bridgehead atoms. The van der Waals surface area contributed by atoms with Crippen LogP contribution >= 0.6 is 15.9 Å². The van der Waals surface area contributed by atoms with Crippen molar-refractivity contribution in [1.82, 2.24) is 59.1 Å². The first-order valence-corrected chi connectivity index (χ1v) is 23.2. The normalized spacial score (nSPS) is 14.9. The highest BCUT2D eigenvalue weighted by Crippen LogP contribution is 2.37. The lowest BCUT2D eigenvalue weighted by Crippen LogP contribution is -2.41. The number of fused-ring (bicyclic) bond motifs is 4. The molecule has 16 nitrogen and oxygen atoms in total. The van der Waals surface area contributed by atoms with Gasteiger partial charge in [-0.2, -0.15) is 0 Å². The molecule has 3 radical (unpaired) electrons. The van der Waals surface area contributed by atoms with E-state index in [1.165, 1.54) is 12.1 Å². The molecule has 2 aromatic carbocycles. The van der Waals surface area contributed by atoms with E-state index < -0.39 is 0 Å². The van der Waals surface area contributed by atoms with Crippen LogP contribution in [0.3, 0.4) is 0 Å². The van der Waals surface area contributed by atoms with Crippen molar-refractivity contribution in [2.75, 3.05) is 13.2 Å². The number of nitrogens with zero attached hydrogens (tertiary/aromatic N) is 12. The van der Waals surface area contributed by atoms with Crippen LogP contribution in [-0.4, -0.2) is 99.0 Å². The summed E-state index contributed by atoms with van der Waals surface area (Å²) < 4.78 is 56.1. The summed E-state index contributed by atoms with van der Waals surface area (Å²) in [6.07, 6.45) is 14.1. The van der Waals surface area contributed by atoms with E-state index in [2.05, 4.69) is 66.2 Å². The minimum absolute atomic E-state index is 0. The van der Waals surface area contributed by atoms with Crippen LogP contribution in [0.1, 0.15) is 92.1 Å². The van der Waals surface area contributed by atoms with Crippen LogP contribution in [0.4, 0.5) is 8.78 Å². The van der Waals surface area contributed by atoms with E-state index in [9.17, 15) is 8.78 Å². The van der Waals surface area contributed by atoms with E-state index in [0.29, 0.717) is 55.8 Å². The van der Waals surface area contributed by atoms with Gasteiger partial charge in [-0.3, -0.25) is 8.80 Å². The molecule has 70 heavy (non-hydrogen) atoms. The van der Waals surface area contributed by atoms with Gasteiger partial charge in [-0.05, 0) is 120 Å². The van der Waals surface area contributed by atoms with Crippen LogP contribution in [0.15, 0.2) is 66.2 Å². The molecule has 8 aromatic rings. The molecular weight excluding hydrogens is 960 g/mol. The largest absolute Gasteiger partial charge is 0.498 e. The van der Waals surface area contributed by atoms with Gasteiger partial charge in [0.1, 0.15) is 59.1 Å². The quantitative estimate of drug-likeness (QED) is 0.137. The Bertz CT molecular complexity index is 3180. The Kier molecular flexibility index (Phi) is 15.4. The second kappa shape index (κ2) is 21.0. The van der Waals surface area contributed by atoms with Crippen molar-refractivity contribution in [2.24, 2.45) is 0 Å². The predicted molar refractivity (Wildman–Crippen MR) is 265 cm³/mol. The molecule has 21 heteroatoms. The zero-order valence-corrected chi connectivity index (χ0v) is 41.3. The third-order valence-electron chi connectivity index (χ3n) is 12.9. The highest BCUT2D eigenvalue weighted by atomic mass is 79.9. The van der Waals surface area contributed by atoms with Crippen LogP contribution in [0, 0.1) is 39.3 Å². The Morgan fingerprint density at radius 3 is 1.66 bits per heavy atom. The number of hydrogen-bond donors (Lipinski definition) is 0. The molecule has 0 amide bonds. The molecule has 0 N–H and O–H groups in total. The van der Waals surface area contributed by atoms with Gasteiger partial charge < -0.3 is 18.8 Å². The first kappa shape index (κ1) is 51.5. The van der Waals surface area contributed by atoms with Crippen molar-refractivity contribution < 1.29 is 27.6 Å². The van der Waals surface area contributed by atoms with Gasteiger partial charge >= 0.3 is 7.12 Å². The van der Waals surface area contributed by atoms with Gasteiger partial charge in [0.2, 0.25) is 0 Å². The van der Waals surface area contributed by atoms with Gasteiger partial charge in [-0.15, -0.1) is 20.4 Å². The fourth-order valence-electron chi connectivity index (χ4n) is 8.55. The fourth-order valence-corrected chi connectivity index (χ4v) is 8.92. The lowest BCUT2D eigenvalue weighted by molar-refractivity contribution is 0.00578. The molecule has 0 aliphatic carbocycles. The maximum Gasteiger partial charge on any atom is 0.498 e. The summed E-state index contributed by atoms with van der Waals surface area (Å²) in [5.74, 6) is 4.27. The van der Waals surface area contributed by atoms with Crippen molar-refractivity contribution in [3.05, 3.63) is 135 Å². The van der Waals surface area contributed by atoms with E-state index in [1.54, 1.807) is 49.6 Å². The third-order valence-corrected chi connectivity index (χ3v) is 13.4.